The third kappa shape index (κ3) is 3.53. The highest BCUT2D eigenvalue weighted by atomic mass is 16.6. The molecule has 0 radical (unpaired) electrons. The van der Waals surface area contributed by atoms with Crippen molar-refractivity contribution in [1.29, 1.82) is 0 Å². The number of hydrogen-bond acceptors (Lipinski definition) is 6. The molecule has 2 saturated heterocycles. The van der Waals surface area contributed by atoms with Crippen LogP contribution < -0.4 is 5.32 Å². The van der Waals surface area contributed by atoms with Crippen LogP contribution in [0, 0.1) is 17.8 Å². The number of aliphatic carboxylic acids is 2. The van der Waals surface area contributed by atoms with Crippen molar-refractivity contribution < 1.29 is 34.4 Å². The highest BCUT2D eigenvalue weighted by Gasteiger charge is 2.43. The molecule has 8 heteroatoms. The summed E-state index contributed by atoms with van der Waals surface area (Å²) in [7, 11) is 0. The van der Waals surface area contributed by atoms with E-state index in [0.717, 1.165) is 0 Å². The first-order valence-electron chi connectivity index (χ1n) is 7.47. The summed E-state index contributed by atoms with van der Waals surface area (Å²) in [5, 5.41) is 31.0. The van der Waals surface area contributed by atoms with Gasteiger partial charge in [-0.05, 0) is 25.8 Å². The molecule has 2 aliphatic heterocycles. The van der Waals surface area contributed by atoms with Crippen LogP contribution in [0.15, 0.2) is 11.6 Å². The smallest absolute Gasteiger partial charge is 0.321 e. The molecule has 23 heavy (non-hydrogen) atoms. The van der Waals surface area contributed by atoms with Gasteiger partial charge < -0.3 is 25.4 Å². The van der Waals surface area contributed by atoms with E-state index in [-0.39, 0.29) is 12.3 Å². The SMILES string of the molecule is C/C(=C/[C@H]1OC(=O)[C@H](C)[C@@H]1O)[C@H]1CN[C@H](C(=O)O)[C@H]1CC(=O)O. The van der Waals surface area contributed by atoms with Crippen molar-refractivity contribution in [3.05, 3.63) is 11.6 Å². The van der Waals surface area contributed by atoms with Crippen molar-refractivity contribution in [2.24, 2.45) is 17.8 Å². The normalized spacial score (nSPS) is 37.7. The number of carboxylic acid groups (broad SMARTS) is 2. The lowest BCUT2D eigenvalue weighted by atomic mass is 9.82. The van der Waals surface area contributed by atoms with Gasteiger partial charge in [-0.3, -0.25) is 14.4 Å². The van der Waals surface area contributed by atoms with Crippen molar-refractivity contribution >= 4 is 17.9 Å². The number of nitrogens with one attached hydrogen (secondary N) is 1. The highest BCUT2D eigenvalue weighted by Crippen LogP contribution is 2.33. The van der Waals surface area contributed by atoms with Gasteiger partial charge in [0.15, 0.2) is 0 Å². The van der Waals surface area contributed by atoms with Crippen LogP contribution >= 0.6 is 0 Å². The number of hydrogen-bond donors (Lipinski definition) is 4. The maximum atomic E-state index is 11.5. The van der Waals surface area contributed by atoms with Gasteiger partial charge in [0.2, 0.25) is 0 Å². The number of esters is 1. The number of carbonyl (C=O) groups excluding carboxylic acids is 1. The fourth-order valence-corrected chi connectivity index (χ4v) is 3.27. The van der Waals surface area contributed by atoms with E-state index in [1.807, 2.05) is 0 Å². The van der Waals surface area contributed by atoms with Crippen molar-refractivity contribution in [2.75, 3.05) is 6.54 Å². The third-order valence-electron chi connectivity index (χ3n) is 4.66. The number of aliphatic hydroxyl groups excluding tert-OH is 1. The molecule has 0 aromatic rings. The lowest BCUT2D eigenvalue weighted by Gasteiger charge is -2.22. The average Bonchev–Trinajstić information content (AvgIpc) is 2.96. The Morgan fingerprint density at radius 1 is 1.39 bits per heavy atom. The van der Waals surface area contributed by atoms with Gasteiger partial charge >= 0.3 is 17.9 Å². The summed E-state index contributed by atoms with van der Waals surface area (Å²) in [6.07, 6.45) is -0.423. The van der Waals surface area contributed by atoms with Crippen LogP contribution in [-0.2, 0) is 19.1 Å². The van der Waals surface area contributed by atoms with E-state index in [2.05, 4.69) is 5.32 Å². The first-order chi connectivity index (χ1) is 10.7. The number of carbonyl (C=O) groups is 3. The fourth-order valence-electron chi connectivity index (χ4n) is 3.27. The largest absolute Gasteiger partial charge is 0.481 e. The summed E-state index contributed by atoms with van der Waals surface area (Å²) < 4.78 is 5.09. The molecule has 6 atom stereocenters. The van der Waals surface area contributed by atoms with Crippen LogP contribution in [0.3, 0.4) is 0 Å². The Bertz CT molecular complexity index is 544. The van der Waals surface area contributed by atoms with Gasteiger partial charge in [-0.2, -0.15) is 0 Å². The molecule has 2 fully saturated rings. The van der Waals surface area contributed by atoms with E-state index in [1.54, 1.807) is 19.9 Å². The van der Waals surface area contributed by atoms with Crippen molar-refractivity contribution in [2.45, 2.75) is 38.5 Å². The predicted octanol–water partition coefficient (Wildman–Crippen LogP) is -0.381. The topological polar surface area (TPSA) is 133 Å². The second kappa shape index (κ2) is 6.67. The van der Waals surface area contributed by atoms with Crippen LogP contribution in [0.25, 0.3) is 0 Å². The van der Waals surface area contributed by atoms with Crippen LogP contribution in [-0.4, -0.2) is 58.0 Å². The minimum Gasteiger partial charge on any atom is -0.481 e. The zero-order chi connectivity index (χ0) is 17.3. The summed E-state index contributed by atoms with van der Waals surface area (Å²) in [5.74, 6) is -4.17. The quantitative estimate of drug-likeness (QED) is 0.397. The molecule has 128 valence electrons. The lowest BCUT2D eigenvalue weighted by Crippen LogP contribution is -2.37. The van der Waals surface area contributed by atoms with Crippen LogP contribution in [0.2, 0.25) is 0 Å². The first-order valence-corrected chi connectivity index (χ1v) is 7.47. The Morgan fingerprint density at radius 2 is 2.04 bits per heavy atom. The molecular weight excluding hydrogens is 306 g/mol. The molecule has 2 rings (SSSR count). The maximum absolute atomic E-state index is 11.5. The summed E-state index contributed by atoms with van der Waals surface area (Å²) in [4.78, 5) is 33.8. The van der Waals surface area contributed by atoms with E-state index in [0.29, 0.717) is 12.1 Å². The van der Waals surface area contributed by atoms with Crippen LogP contribution in [0.4, 0.5) is 0 Å². The predicted molar refractivity (Wildman–Crippen MR) is 77.5 cm³/mol. The standard InChI is InChI=1S/C15H21NO7/c1-6(3-10-13(19)7(2)15(22)23-10)9-5-16-12(14(20)21)8(9)4-11(17)18/h3,7-10,12-13,16,19H,4-5H2,1-2H3,(H,17,18)(H,20,21)/b6-3-/t7-,8+,9-,10-,12+,13+/m1/s1. The lowest BCUT2D eigenvalue weighted by molar-refractivity contribution is -0.143. The second-order valence-electron chi connectivity index (χ2n) is 6.18. The zero-order valence-corrected chi connectivity index (χ0v) is 12.9. The number of ether oxygens (including phenoxy) is 1. The molecule has 0 aliphatic carbocycles. The molecule has 2 heterocycles. The molecule has 4 N–H and O–H groups in total. The fraction of sp³-hybridized carbons (Fsp3) is 0.667. The Kier molecular flexibility index (Phi) is 5.06. The number of cyclic esters (lactones) is 1. The van der Waals surface area contributed by atoms with Crippen LogP contribution in [0.5, 0.6) is 0 Å². The summed E-state index contributed by atoms with van der Waals surface area (Å²) in [6.45, 7) is 3.62. The van der Waals surface area contributed by atoms with E-state index in [9.17, 15) is 24.6 Å². The Labute approximate surface area is 133 Å². The van der Waals surface area contributed by atoms with E-state index in [4.69, 9.17) is 9.84 Å². The van der Waals surface area contributed by atoms with Crippen molar-refractivity contribution in [1.82, 2.24) is 5.32 Å². The molecule has 0 aromatic carbocycles. The second-order valence-corrected chi connectivity index (χ2v) is 6.18. The van der Waals surface area contributed by atoms with E-state index >= 15 is 0 Å². The summed E-state index contributed by atoms with van der Waals surface area (Å²) in [5.41, 5.74) is 0.707. The summed E-state index contributed by atoms with van der Waals surface area (Å²) >= 11 is 0. The van der Waals surface area contributed by atoms with Gasteiger partial charge in [0.25, 0.3) is 0 Å². The third-order valence-corrected chi connectivity index (χ3v) is 4.66. The minimum atomic E-state index is -1.09. The number of aliphatic hydroxyl groups is 1. The van der Waals surface area contributed by atoms with Gasteiger partial charge in [-0.1, -0.05) is 5.57 Å². The van der Waals surface area contributed by atoms with Gasteiger partial charge in [0, 0.05) is 12.5 Å². The number of carboxylic acids is 2. The molecular formula is C15H21NO7. The van der Waals surface area contributed by atoms with Crippen LogP contribution in [0.1, 0.15) is 20.3 Å². The molecule has 8 nitrogen and oxygen atoms in total. The van der Waals surface area contributed by atoms with Gasteiger partial charge in [0.05, 0.1) is 12.3 Å². The maximum Gasteiger partial charge on any atom is 0.321 e. The molecule has 0 aromatic heterocycles. The molecule has 0 bridgehead atoms. The highest BCUT2D eigenvalue weighted by molar-refractivity contribution is 5.77. The first kappa shape index (κ1) is 17.4. The Balaban J connectivity index is 2.18. The number of rotatable bonds is 5. The monoisotopic (exact) mass is 327 g/mol. The van der Waals surface area contributed by atoms with Crippen molar-refractivity contribution in [3.8, 4) is 0 Å². The van der Waals surface area contributed by atoms with Gasteiger partial charge in [0.1, 0.15) is 18.2 Å². The molecule has 0 spiro atoms. The van der Waals surface area contributed by atoms with Crippen molar-refractivity contribution in [3.63, 3.8) is 0 Å². The zero-order valence-electron chi connectivity index (χ0n) is 12.9. The summed E-state index contributed by atoms with van der Waals surface area (Å²) in [6, 6.07) is -0.936. The molecule has 2 aliphatic rings. The Hall–Kier alpha value is -1.93. The molecule has 0 unspecified atom stereocenters. The van der Waals surface area contributed by atoms with E-state index in [1.165, 1.54) is 0 Å². The van der Waals surface area contributed by atoms with Gasteiger partial charge in [-0.15, -0.1) is 0 Å². The molecule has 0 saturated carbocycles. The molecule has 0 amide bonds. The minimum absolute atomic E-state index is 0.275. The van der Waals surface area contributed by atoms with Gasteiger partial charge in [-0.25, -0.2) is 0 Å². The van der Waals surface area contributed by atoms with E-state index < -0.39 is 48.0 Å². The average molecular weight is 327 g/mol. The Morgan fingerprint density at radius 3 is 2.52 bits per heavy atom.